The van der Waals surface area contributed by atoms with Crippen LogP contribution in [-0.4, -0.2) is 49.8 Å². The van der Waals surface area contributed by atoms with E-state index in [9.17, 15) is 0 Å². The predicted octanol–water partition coefficient (Wildman–Crippen LogP) is 3.58. The van der Waals surface area contributed by atoms with Gasteiger partial charge in [0.1, 0.15) is 0 Å². The van der Waals surface area contributed by atoms with Crippen LogP contribution in [0.4, 0.5) is 5.69 Å². The SMILES string of the molecule is CN1CCc2cc(C(c3c[nH]c4ccccc34)N3CCOCC3)ccc21. The third-order valence-electron chi connectivity index (χ3n) is 5.87. The summed E-state index contributed by atoms with van der Waals surface area (Å²) in [6.07, 6.45) is 3.34. The summed E-state index contributed by atoms with van der Waals surface area (Å²) in [7, 11) is 2.19. The summed E-state index contributed by atoms with van der Waals surface area (Å²) in [6, 6.07) is 15.9. The second-order valence-electron chi connectivity index (χ2n) is 7.40. The molecule has 1 unspecified atom stereocenters. The summed E-state index contributed by atoms with van der Waals surface area (Å²) >= 11 is 0. The van der Waals surface area contributed by atoms with Gasteiger partial charge in [0.2, 0.25) is 0 Å². The molecule has 134 valence electrons. The molecule has 0 radical (unpaired) electrons. The lowest BCUT2D eigenvalue weighted by atomic mass is 9.94. The number of nitrogens with one attached hydrogen (secondary N) is 1. The van der Waals surface area contributed by atoms with Gasteiger partial charge in [0.15, 0.2) is 0 Å². The van der Waals surface area contributed by atoms with E-state index in [1.165, 1.54) is 33.3 Å². The zero-order valence-corrected chi connectivity index (χ0v) is 15.2. The van der Waals surface area contributed by atoms with Gasteiger partial charge in [-0.15, -0.1) is 0 Å². The van der Waals surface area contributed by atoms with E-state index in [1.807, 2.05) is 0 Å². The second-order valence-corrected chi connectivity index (χ2v) is 7.40. The summed E-state index contributed by atoms with van der Waals surface area (Å²) < 4.78 is 5.62. The Morgan fingerprint density at radius 1 is 1.04 bits per heavy atom. The number of aromatic nitrogens is 1. The van der Waals surface area contributed by atoms with Crippen molar-refractivity contribution >= 4 is 16.6 Å². The van der Waals surface area contributed by atoms with Crippen molar-refractivity contribution in [2.75, 3.05) is 44.8 Å². The van der Waals surface area contributed by atoms with E-state index in [-0.39, 0.29) is 6.04 Å². The molecule has 3 heterocycles. The molecular formula is C22H25N3O. The lowest BCUT2D eigenvalue weighted by molar-refractivity contribution is 0.0242. The molecule has 0 bridgehead atoms. The first-order chi connectivity index (χ1) is 12.8. The maximum absolute atomic E-state index is 5.62. The first-order valence-electron chi connectivity index (χ1n) is 9.53. The van der Waals surface area contributed by atoms with Gasteiger partial charge in [-0.2, -0.15) is 0 Å². The summed E-state index contributed by atoms with van der Waals surface area (Å²) in [5, 5.41) is 1.32. The van der Waals surface area contributed by atoms with Crippen molar-refractivity contribution in [3.05, 3.63) is 65.4 Å². The zero-order valence-electron chi connectivity index (χ0n) is 15.2. The van der Waals surface area contributed by atoms with E-state index in [2.05, 4.69) is 70.5 Å². The summed E-state index contributed by atoms with van der Waals surface area (Å²) in [5.74, 6) is 0. The van der Waals surface area contributed by atoms with Gasteiger partial charge < -0.3 is 14.6 Å². The number of fused-ring (bicyclic) bond motifs is 2. The highest BCUT2D eigenvalue weighted by Gasteiger charge is 2.28. The average Bonchev–Trinajstić information content (AvgIpc) is 3.27. The number of para-hydroxylation sites is 1. The molecule has 2 aliphatic heterocycles. The molecule has 1 N–H and O–H groups in total. The van der Waals surface area contributed by atoms with Gasteiger partial charge in [-0.05, 0) is 35.2 Å². The van der Waals surface area contributed by atoms with Crippen LogP contribution in [0.1, 0.15) is 22.7 Å². The highest BCUT2D eigenvalue weighted by atomic mass is 16.5. The van der Waals surface area contributed by atoms with Crippen LogP contribution >= 0.6 is 0 Å². The topological polar surface area (TPSA) is 31.5 Å². The van der Waals surface area contributed by atoms with Crippen molar-refractivity contribution in [2.24, 2.45) is 0 Å². The lowest BCUT2D eigenvalue weighted by Gasteiger charge is -2.35. The Morgan fingerprint density at radius 3 is 2.77 bits per heavy atom. The van der Waals surface area contributed by atoms with Crippen molar-refractivity contribution < 1.29 is 4.74 Å². The van der Waals surface area contributed by atoms with Crippen LogP contribution in [-0.2, 0) is 11.2 Å². The molecule has 26 heavy (non-hydrogen) atoms. The minimum atomic E-state index is 0.270. The number of ether oxygens (including phenoxy) is 1. The van der Waals surface area contributed by atoms with Crippen LogP contribution < -0.4 is 4.90 Å². The first-order valence-corrected chi connectivity index (χ1v) is 9.53. The fourth-order valence-corrected chi connectivity index (χ4v) is 4.50. The highest BCUT2D eigenvalue weighted by Crippen LogP contribution is 2.37. The summed E-state index contributed by atoms with van der Waals surface area (Å²) in [5.41, 5.74) is 6.83. The van der Waals surface area contributed by atoms with Crippen molar-refractivity contribution in [1.29, 1.82) is 0 Å². The fraction of sp³-hybridized carbons (Fsp3) is 0.364. The number of rotatable bonds is 3. The van der Waals surface area contributed by atoms with E-state index in [1.54, 1.807) is 0 Å². The Bertz CT molecular complexity index is 926. The molecule has 0 aliphatic carbocycles. The lowest BCUT2D eigenvalue weighted by Crippen LogP contribution is -2.39. The molecule has 2 aromatic carbocycles. The molecule has 5 rings (SSSR count). The zero-order chi connectivity index (χ0) is 17.5. The van der Waals surface area contributed by atoms with E-state index in [4.69, 9.17) is 4.74 Å². The molecule has 1 aromatic heterocycles. The number of anilines is 1. The van der Waals surface area contributed by atoms with Crippen LogP contribution in [0.15, 0.2) is 48.7 Å². The monoisotopic (exact) mass is 347 g/mol. The Morgan fingerprint density at radius 2 is 1.88 bits per heavy atom. The maximum atomic E-state index is 5.62. The number of nitrogens with zero attached hydrogens (tertiary/aromatic N) is 2. The third-order valence-corrected chi connectivity index (χ3v) is 5.87. The number of benzene rings is 2. The van der Waals surface area contributed by atoms with E-state index < -0.39 is 0 Å². The van der Waals surface area contributed by atoms with Gasteiger partial charge in [0, 0.05) is 49.5 Å². The smallest absolute Gasteiger partial charge is 0.0624 e. The third kappa shape index (κ3) is 2.61. The number of likely N-dealkylation sites (N-methyl/N-ethyl adjacent to an activating group) is 1. The molecule has 3 aromatic rings. The number of hydrogen-bond acceptors (Lipinski definition) is 3. The second kappa shape index (κ2) is 6.45. The molecule has 0 saturated carbocycles. The summed E-state index contributed by atoms with van der Waals surface area (Å²) in [6.45, 7) is 4.69. The number of hydrogen-bond donors (Lipinski definition) is 1. The van der Waals surface area contributed by atoms with Crippen LogP contribution in [0.3, 0.4) is 0 Å². The molecular weight excluding hydrogens is 322 g/mol. The van der Waals surface area contributed by atoms with Crippen molar-refractivity contribution in [2.45, 2.75) is 12.5 Å². The van der Waals surface area contributed by atoms with E-state index in [0.29, 0.717) is 0 Å². The van der Waals surface area contributed by atoms with Gasteiger partial charge in [0.25, 0.3) is 0 Å². The van der Waals surface area contributed by atoms with Gasteiger partial charge in [-0.3, -0.25) is 4.90 Å². The highest BCUT2D eigenvalue weighted by molar-refractivity contribution is 5.84. The fourth-order valence-electron chi connectivity index (χ4n) is 4.50. The Kier molecular flexibility index (Phi) is 3.95. The normalized spacial score (nSPS) is 19.0. The molecule has 1 saturated heterocycles. The molecule has 1 atom stereocenters. The molecule has 4 nitrogen and oxygen atoms in total. The molecule has 1 fully saturated rings. The van der Waals surface area contributed by atoms with Gasteiger partial charge in [-0.1, -0.05) is 30.3 Å². The molecule has 0 amide bonds. The van der Waals surface area contributed by atoms with Crippen molar-refractivity contribution in [1.82, 2.24) is 9.88 Å². The molecule has 4 heteroatoms. The van der Waals surface area contributed by atoms with Gasteiger partial charge in [0.05, 0.1) is 19.3 Å². The minimum Gasteiger partial charge on any atom is -0.379 e. The average molecular weight is 347 g/mol. The van der Waals surface area contributed by atoms with E-state index >= 15 is 0 Å². The van der Waals surface area contributed by atoms with Crippen molar-refractivity contribution in [3.63, 3.8) is 0 Å². The number of morpholine rings is 1. The maximum Gasteiger partial charge on any atom is 0.0624 e. The van der Waals surface area contributed by atoms with Crippen molar-refractivity contribution in [3.8, 4) is 0 Å². The number of aromatic amines is 1. The minimum absolute atomic E-state index is 0.270. The largest absolute Gasteiger partial charge is 0.379 e. The van der Waals surface area contributed by atoms with E-state index in [0.717, 1.165) is 39.3 Å². The molecule has 2 aliphatic rings. The van der Waals surface area contributed by atoms with Gasteiger partial charge in [-0.25, -0.2) is 0 Å². The van der Waals surface area contributed by atoms with Crippen LogP contribution in [0.25, 0.3) is 10.9 Å². The Labute approximate surface area is 154 Å². The number of H-pyrrole nitrogens is 1. The quantitative estimate of drug-likeness (QED) is 0.786. The Balaban J connectivity index is 1.63. The van der Waals surface area contributed by atoms with Crippen LogP contribution in [0.5, 0.6) is 0 Å². The standard InChI is InChI=1S/C22H25N3O/c1-24-9-8-16-14-17(6-7-21(16)24)22(25-10-12-26-13-11-25)19-15-23-20-5-3-2-4-18(19)20/h2-7,14-15,22-23H,8-13H2,1H3. The van der Waals surface area contributed by atoms with Crippen LogP contribution in [0, 0.1) is 0 Å². The van der Waals surface area contributed by atoms with Gasteiger partial charge >= 0.3 is 0 Å². The summed E-state index contributed by atoms with van der Waals surface area (Å²) in [4.78, 5) is 8.40. The van der Waals surface area contributed by atoms with Crippen LogP contribution in [0.2, 0.25) is 0 Å². The first kappa shape index (κ1) is 15.9. The molecule has 0 spiro atoms. The Hall–Kier alpha value is -2.30. The predicted molar refractivity (Wildman–Crippen MR) is 106 cm³/mol.